The topological polar surface area (TPSA) is 49.3 Å². The van der Waals surface area contributed by atoms with E-state index >= 15 is 0 Å². The molecule has 1 atom stereocenters. The minimum absolute atomic E-state index is 0.00451. The van der Waals surface area contributed by atoms with Crippen molar-refractivity contribution in [2.75, 3.05) is 6.54 Å². The SMILES string of the molecule is O=C(NCCCc1ccc(O)cc1)C(c1ccccc1)C1CC1. The van der Waals surface area contributed by atoms with Gasteiger partial charge in [-0.1, -0.05) is 42.5 Å². The molecule has 1 saturated carbocycles. The van der Waals surface area contributed by atoms with Gasteiger partial charge >= 0.3 is 0 Å². The second kappa shape index (κ2) is 7.32. The van der Waals surface area contributed by atoms with Crippen molar-refractivity contribution in [3.8, 4) is 5.75 Å². The van der Waals surface area contributed by atoms with Crippen LogP contribution in [0.25, 0.3) is 0 Å². The molecule has 120 valence electrons. The van der Waals surface area contributed by atoms with Gasteiger partial charge in [0.25, 0.3) is 0 Å². The maximum atomic E-state index is 12.5. The van der Waals surface area contributed by atoms with Crippen LogP contribution >= 0.6 is 0 Å². The highest BCUT2D eigenvalue weighted by Gasteiger charge is 2.36. The van der Waals surface area contributed by atoms with E-state index in [1.807, 2.05) is 30.3 Å². The number of aromatic hydroxyl groups is 1. The Balaban J connectivity index is 1.49. The molecule has 0 saturated heterocycles. The van der Waals surface area contributed by atoms with Crippen LogP contribution in [0.1, 0.15) is 36.3 Å². The Morgan fingerprint density at radius 3 is 2.43 bits per heavy atom. The molecule has 0 heterocycles. The zero-order valence-corrected chi connectivity index (χ0v) is 13.2. The average Bonchev–Trinajstić information content (AvgIpc) is 3.39. The molecule has 1 amide bonds. The van der Waals surface area contributed by atoms with Gasteiger partial charge in [-0.05, 0) is 54.9 Å². The third-order valence-electron chi connectivity index (χ3n) is 4.41. The second-order valence-corrected chi connectivity index (χ2v) is 6.29. The molecular formula is C20H23NO2. The van der Waals surface area contributed by atoms with Crippen LogP contribution in [0.3, 0.4) is 0 Å². The van der Waals surface area contributed by atoms with E-state index in [1.165, 1.54) is 5.56 Å². The standard InChI is InChI=1S/C20H23NO2/c22-18-12-8-15(9-13-18)5-4-14-21-20(23)19(17-10-11-17)16-6-2-1-3-7-16/h1-3,6-9,12-13,17,19,22H,4-5,10-11,14H2,(H,21,23). The number of rotatable bonds is 7. The first-order chi connectivity index (χ1) is 11.2. The number of aryl methyl sites for hydroxylation is 1. The highest BCUT2D eigenvalue weighted by molar-refractivity contribution is 5.84. The number of carbonyl (C=O) groups is 1. The molecule has 2 N–H and O–H groups in total. The molecule has 0 aromatic heterocycles. The summed E-state index contributed by atoms with van der Waals surface area (Å²) in [6.07, 6.45) is 4.11. The Morgan fingerprint density at radius 2 is 1.78 bits per heavy atom. The fourth-order valence-corrected chi connectivity index (χ4v) is 3.00. The maximum Gasteiger partial charge on any atom is 0.227 e. The minimum atomic E-state index is 0.00451. The van der Waals surface area contributed by atoms with E-state index in [9.17, 15) is 9.90 Å². The number of phenols is 1. The van der Waals surface area contributed by atoms with Crippen molar-refractivity contribution in [2.45, 2.75) is 31.6 Å². The van der Waals surface area contributed by atoms with Crippen molar-refractivity contribution in [3.63, 3.8) is 0 Å². The molecule has 3 rings (SSSR count). The summed E-state index contributed by atoms with van der Waals surface area (Å²) in [6, 6.07) is 17.4. The Kier molecular flexibility index (Phi) is 4.96. The lowest BCUT2D eigenvalue weighted by molar-refractivity contribution is -0.123. The van der Waals surface area contributed by atoms with Crippen molar-refractivity contribution < 1.29 is 9.90 Å². The first-order valence-electron chi connectivity index (χ1n) is 8.34. The molecule has 1 aliphatic rings. The minimum Gasteiger partial charge on any atom is -0.508 e. The summed E-state index contributed by atoms with van der Waals surface area (Å²) in [5.41, 5.74) is 2.31. The molecule has 3 nitrogen and oxygen atoms in total. The smallest absolute Gasteiger partial charge is 0.227 e. The first-order valence-corrected chi connectivity index (χ1v) is 8.34. The highest BCUT2D eigenvalue weighted by atomic mass is 16.3. The lowest BCUT2D eigenvalue weighted by atomic mass is 9.93. The Bertz CT molecular complexity index is 632. The third-order valence-corrected chi connectivity index (χ3v) is 4.41. The van der Waals surface area contributed by atoms with Crippen molar-refractivity contribution in [2.24, 2.45) is 5.92 Å². The van der Waals surface area contributed by atoms with Crippen LogP contribution in [0, 0.1) is 5.92 Å². The summed E-state index contributed by atoms with van der Waals surface area (Å²) in [5, 5.41) is 12.4. The first kappa shape index (κ1) is 15.6. The van der Waals surface area contributed by atoms with Crippen LogP contribution in [-0.4, -0.2) is 17.6 Å². The van der Waals surface area contributed by atoms with Crippen molar-refractivity contribution >= 4 is 5.91 Å². The van der Waals surface area contributed by atoms with Crippen molar-refractivity contribution in [1.82, 2.24) is 5.32 Å². The number of benzene rings is 2. The van der Waals surface area contributed by atoms with Gasteiger partial charge in [0, 0.05) is 6.54 Å². The average molecular weight is 309 g/mol. The number of nitrogens with one attached hydrogen (secondary N) is 1. The number of phenolic OH excluding ortho intramolecular Hbond substituents is 1. The number of hydrogen-bond acceptors (Lipinski definition) is 2. The zero-order valence-electron chi connectivity index (χ0n) is 13.2. The van der Waals surface area contributed by atoms with Gasteiger partial charge in [-0.15, -0.1) is 0 Å². The lowest BCUT2D eigenvalue weighted by Crippen LogP contribution is -2.31. The Labute approximate surface area is 137 Å². The summed E-state index contributed by atoms with van der Waals surface area (Å²) < 4.78 is 0. The highest BCUT2D eigenvalue weighted by Crippen LogP contribution is 2.42. The third kappa shape index (κ3) is 4.35. The van der Waals surface area contributed by atoms with Gasteiger partial charge in [-0.2, -0.15) is 0 Å². The van der Waals surface area contributed by atoms with Crippen LogP contribution in [0.2, 0.25) is 0 Å². The predicted molar refractivity (Wildman–Crippen MR) is 91.3 cm³/mol. The van der Waals surface area contributed by atoms with Gasteiger partial charge in [0.05, 0.1) is 5.92 Å². The lowest BCUT2D eigenvalue weighted by Gasteiger charge is -2.16. The van der Waals surface area contributed by atoms with E-state index in [2.05, 4.69) is 17.4 Å². The van der Waals surface area contributed by atoms with E-state index in [1.54, 1.807) is 12.1 Å². The van der Waals surface area contributed by atoms with E-state index in [0.29, 0.717) is 12.5 Å². The molecule has 0 radical (unpaired) electrons. The van der Waals surface area contributed by atoms with Crippen LogP contribution in [-0.2, 0) is 11.2 Å². The molecule has 0 bridgehead atoms. The van der Waals surface area contributed by atoms with Crippen molar-refractivity contribution in [3.05, 3.63) is 65.7 Å². The van der Waals surface area contributed by atoms with E-state index in [-0.39, 0.29) is 17.6 Å². The van der Waals surface area contributed by atoms with Crippen LogP contribution in [0.15, 0.2) is 54.6 Å². The zero-order chi connectivity index (χ0) is 16.1. The Morgan fingerprint density at radius 1 is 1.09 bits per heavy atom. The van der Waals surface area contributed by atoms with Gasteiger partial charge in [-0.3, -0.25) is 4.79 Å². The molecule has 2 aromatic carbocycles. The maximum absolute atomic E-state index is 12.5. The molecule has 0 aliphatic heterocycles. The summed E-state index contributed by atoms with van der Waals surface area (Å²) >= 11 is 0. The molecular weight excluding hydrogens is 286 g/mol. The predicted octanol–water partition coefficient (Wildman–Crippen LogP) is 3.63. The summed E-state index contributed by atoms with van der Waals surface area (Å²) in [4.78, 5) is 12.5. The Hall–Kier alpha value is -2.29. The van der Waals surface area contributed by atoms with Gasteiger partial charge in [0.2, 0.25) is 5.91 Å². The van der Waals surface area contributed by atoms with Crippen LogP contribution < -0.4 is 5.32 Å². The number of hydrogen-bond donors (Lipinski definition) is 2. The molecule has 3 heteroatoms. The van der Waals surface area contributed by atoms with Gasteiger partial charge in [0.1, 0.15) is 5.75 Å². The van der Waals surface area contributed by atoms with Crippen LogP contribution in [0.5, 0.6) is 5.75 Å². The van der Waals surface area contributed by atoms with Gasteiger partial charge in [-0.25, -0.2) is 0 Å². The molecule has 0 spiro atoms. The fraction of sp³-hybridized carbons (Fsp3) is 0.350. The monoisotopic (exact) mass is 309 g/mol. The fourth-order valence-electron chi connectivity index (χ4n) is 3.00. The number of carbonyl (C=O) groups excluding carboxylic acids is 1. The van der Waals surface area contributed by atoms with E-state index < -0.39 is 0 Å². The quantitative estimate of drug-likeness (QED) is 0.767. The molecule has 23 heavy (non-hydrogen) atoms. The summed E-state index contributed by atoms with van der Waals surface area (Å²) in [6.45, 7) is 0.690. The van der Waals surface area contributed by atoms with E-state index in [4.69, 9.17) is 0 Å². The summed E-state index contributed by atoms with van der Waals surface area (Å²) in [7, 11) is 0. The second-order valence-electron chi connectivity index (χ2n) is 6.29. The van der Waals surface area contributed by atoms with Gasteiger partial charge in [0.15, 0.2) is 0 Å². The molecule has 1 aliphatic carbocycles. The molecule has 2 aromatic rings. The van der Waals surface area contributed by atoms with Gasteiger partial charge < -0.3 is 10.4 Å². The molecule has 1 unspecified atom stereocenters. The number of amides is 1. The summed E-state index contributed by atoms with van der Waals surface area (Å²) in [5.74, 6) is 0.959. The largest absolute Gasteiger partial charge is 0.508 e. The molecule has 1 fully saturated rings. The van der Waals surface area contributed by atoms with Crippen LogP contribution in [0.4, 0.5) is 0 Å². The normalized spacial score (nSPS) is 15.1. The van der Waals surface area contributed by atoms with Crippen molar-refractivity contribution in [1.29, 1.82) is 0 Å². The van der Waals surface area contributed by atoms with E-state index in [0.717, 1.165) is 31.2 Å².